The molecule has 4 nitrogen and oxygen atoms in total. The summed E-state index contributed by atoms with van der Waals surface area (Å²) in [6.45, 7) is 2.50. The lowest BCUT2D eigenvalue weighted by Crippen LogP contribution is -2.09. The van der Waals surface area contributed by atoms with Crippen molar-refractivity contribution in [2.24, 2.45) is 5.73 Å². The van der Waals surface area contributed by atoms with Crippen molar-refractivity contribution in [3.8, 4) is 0 Å². The maximum absolute atomic E-state index is 5.52. The van der Waals surface area contributed by atoms with Crippen LogP contribution in [0.15, 0.2) is 34.9 Å². The zero-order chi connectivity index (χ0) is 12.3. The van der Waals surface area contributed by atoms with Gasteiger partial charge in [-0.2, -0.15) is 0 Å². The molecule has 2 aromatic rings. The highest BCUT2D eigenvalue weighted by atomic mass is 32.1. The van der Waals surface area contributed by atoms with Crippen molar-refractivity contribution in [3.05, 3.63) is 47.3 Å². The van der Waals surface area contributed by atoms with Gasteiger partial charge in [0.2, 0.25) is 0 Å². The Morgan fingerprint density at radius 1 is 1.41 bits per heavy atom. The summed E-state index contributed by atoms with van der Waals surface area (Å²) in [6.07, 6.45) is 0. The molecule has 1 aromatic heterocycles. The van der Waals surface area contributed by atoms with E-state index < -0.39 is 0 Å². The second-order valence-corrected chi connectivity index (χ2v) is 4.16. The van der Waals surface area contributed by atoms with Gasteiger partial charge in [-0.1, -0.05) is 17.4 Å². The first-order valence-corrected chi connectivity index (χ1v) is 5.62. The van der Waals surface area contributed by atoms with Gasteiger partial charge in [0.25, 0.3) is 0 Å². The summed E-state index contributed by atoms with van der Waals surface area (Å²) >= 11 is 4.88. The van der Waals surface area contributed by atoms with Gasteiger partial charge in [0.1, 0.15) is 16.4 Å². The van der Waals surface area contributed by atoms with E-state index in [0.717, 1.165) is 22.7 Å². The van der Waals surface area contributed by atoms with Crippen LogP contribution in [0, 0.1) is 6.92 Å². The molecule has 0 aliphatic heterocycles. The third-order valence-electron chi connectivity index (χ3n) is 2.32. The lowest BCUT2D eigenvalue weighted by Gasteiger charge is -2.04. The summed E-state index contributed by atoms with van der Waals surface area (Å²) in [5.41, 5.74) is 8.25. The van der Waals surface area contributed by atoms with E-state index in [-0.39, 0.29) is 0 Å². The second kappa shape index (κ2) is 4.97. The molecular formula is C12H13N3OS. The number of aromatic nitrogens is 1. The zero-order valence-corrected chi connectivity index (χ0v) is 10.3. The topological polar surface area (TPSA) is 64.1 Å². The molecule has 0 atom stereocenters. The maximum Gasteiger partial charge on any atom is 0.133 e. The number of nitrogens with one attached hydrogen (secondary N) is 1. The van der Waals surface area contributed by atoms with Crippen molar-refractivity contribution in [2.45, 2.75) is 13.5 Å². The van der Waals surface area contributed by atoms with Gasteiger partial charge >= 0.3 is 0 Å². The Balaban J connectivity index is 1.97. The SMILES string of the molecule is Cc1cc(CNc2ccc(C(N)=S)cc2)no1. The van der Waals surface area contributed by atoms with Crippen LogP contribution in [0.3, 0.4) is 0 Å². The molecule has 0 amide bonds. The predicted octanol–water partition coefficient (Wildman–Crippen LogP) is 2.23. The van der Waals surface area contributed by atoms with Crippen LogP contribution in [-0.4, -0.2) is 10.1 Å². The molecule has 0 saturated carbocycles. The van der Waals surface area contributed by atoms with E-state index in [9.17, 15) is 0 Å². The quantitative estimate of drug-likeness (QED) is 0.811. The minimum Gasteiger partial charge on any atom is -0.389 e. The summed E-state index contributed by atoms with van der Waals surface area (Å²) in [5.74, 6) is 0.811. The zero-order valence-electron chi connectivity index (χ0n) is 9.43. The Labute approximate surface area is 105 Å². The molecule has 0 fully saturated rings. The van der Waals surface area contributed by atoms with Gasteiger partial charge in [0, 0.05) is 17.3 Å². The van der Waals surface area contributed by atoms with Gasteiger partial charge < -0.3 is 15.6 Å². The average Bonchev–Trinajstić information content (AvgIpc) is 2.73. The summed E-state index contributed by atoms with van der Waals surface area (Å²) in [6, 6.07) is 9.54. The first-order valence-electron chi connectivity index (χ1n) is 5.21. The monoisotopic (exact) mass is 247 g/mol. The van der Waals surface area contributed by atoms with Gasteiger partial charge in [-0.3, -0.25) is 0 Å². The van der Waals surface area contributed by atoms with E-state index in [1.165, 1.54) is 0 Å². The number of anilines is 1. The highest BCUT2D eigenvalue weighted by molar-refractivity contribution is 7.80. The number of benzene rings is 1. The Morgan fingerprint density at radius 3 is 2.65 bits per heavy atom. The van der Waals surface area contributed by atoms with Gasteiger partial charge in [-0.05, 0) is 31.2 Å². The van der Waals surface area contributed by atoms with Crippen LogP contribution in [0.25, 0.3) is 0 Å². The van der Waals surface area contributed by atoms with Crippen molar-refractivity contribution in [3.63, 3.8) is 0 Å². The molecule has 0 spiro atoms. The molecule has 0 radical (unpaired) electrons. The molecule has 0 bridgehead atoms. The van der Waals surface area contributed by atoms with E-state index in [2.05, 4.69) is 10.5 Å². The Kier molecular flexibility index (Phi) is 3.39. The Morgan fingerprint density at radius 2 is 2.12 bits per heavy atom. The standard InChI is InChI=1S/C12H13N3OS/c1-8-6-11(15-16-8)7-14-10-4-2-9(3-5-10)12(13)17/h2-6,14H,7H2,1H3,(H2,13,17). The van der Waals surface area contributed by atoms with Crippen molar-refractivity contribution >= 4 is 22.9 Å². The average molecular weight is 247 g/mol. The predicted molar refractivity (Wildman–Crippen MR) is 70.9 cm³/mol. The van der Waals surface area contributed by atoms with Crippen LogP contribution in [0.2, 0.25) is 0 Å². The van der Waals surface area contributed by atoms with E-state index in [4.69, 9.17) is 22.5 Å². The van der Waals surface area contributed by atoms with Gasteiger partial charge in [-0.25, -0.2) is 0 Å². The number of thiocarbonyl (C=S) groups is 1. The molecule has 0 unspecified atom stereocenters. The fraction of sp³-hybridized carbons (Fsp3) is 0.167. The largest absolute Gasteiger partial charge is 0.389 e. The molecule has 3 N–H and O–H groups in total. The van der Waals surface area contributed by atoms with Crippen molar-refractivity contribution < 1.29 is 4.52 Å². The Hall–Kier alpha value is -1.88. The number of aryl methyl sites for hydroxylation is 1. The van der Waals surface area contributed by atoms with Crippen molar-refractivity contribution in [1.82, 2.24) is 5.16 Å². The van der Waals surface area contributed by atoms with E-state index in [1.54, 1.807) is 0 Å². The normalized spacial score (nSPS) is 10.2. The van der Waals surface area contributed by atoms with Gasteiger partial charge in [-0.15, -0.1) is 0 Å². The molecule has 0 aliphatic rings. The summed E-state index contributed by atoms with van der Waals surface area (Å²) in [5, 5.41) is 7.13. The first-order chi connectivity index (χ1) is 8.15. The lowest BCUT2D eigenvalue weighted by atomic mass is 10.2. The fourth-order valence-corrected chi connectivity index (χ4v) is 1.58. The minimum atomic E-state index is 0.406. The van der Waals surface area contributed by atoms with Crippen LogP contribution in [0.1, 0.15) is 17.0 Å². The second-order valence-electron chi connectivity index (χ2n) is 3.72. The number of hydrogen-bond acceptors (Lipinski definition) is 4. The van der Waals surface area contributed by atoms with Crippen molar-refractivity contribution in [1.29, 1.82) is 0 Å². The van der Waals surface area contributed by atoms with Gasteiger partial charge in [0.05, 0.1) is 6.54 Å². The molecule has 2 rings (SSSR count). The van der Waals surface area contributed by atoms with E-state index >= 15 is 0 Å². The first kappa shape index (κ1) is 11.6. The molecule has 0 aliphatic carbocycles. The molecule has 1 heterocycles. The highest BCUT2D eigenvalue weighted by Gasteiger charge is 2.00. The fourth-order valence-electron chi connectivity index (χ4n) is 1.45. The minimum absolute atomic E-state index is 0.406. The summed E-state index contributed by atoms with van der Waals surface area (Å²) < 4.78 is 4.98. The van der Waals surface area contributed by atoms with Crippen LogP contribution in [0.5, 0.6) is 0 Å². The Bertz CT molecular complexity index is 519. The molecule has 88 valence electrons. The maximum atomic E-state index is 5.52. The third kappa shape index (κ3) is 3.04. The van der Waals surface area contributed by atoms with Crippen LogP contribution in [0.4, 0.5) is 5.69 Å². The molecular weight excluding hydrogens is 234 g/mol. The van der Waals surface area contributed by atoms with E-state index in [1.807, 2.05) is 37.3 Å². The molecule has 17 heavy (non-hydrogen) atoms. The molecule has 5 heteroatoms. The van der Waals surface area contributed by atoms with Crippen molar-refractivity contribution in [2.75, 3.05) is 5.32 Å². The molecule has 1 aromatic carbocycles. The highest BCUT2D eigenvalue weighted by Crippen LogP contribution is 2.11. The van der Waals surface area contributed by atoms with E-state index in [0.29, 0.717) is 11.5 Å². The smallest absolute Gasteiger partial charge is 0.133 e. The van der Waals surface area contributed by atoms with Crippen LogP contribution < -0.4 is 11.1 Å². The lowest BCUT2D eigenvalue weighted by molar-refractivity contribution is 0.391. The molecule has 0 saturated heterocycles. The number of hydrogen-bond donors (Lipinski definition) is 2. The van der Waals surface area contributed by atoms with Crippen LogP contribution >= 0.6 is 12.2 Å². The van der Waals surface area contributed by atoms with Crippen LogP contribution in [-0.2, 0) is 6.54 Å². The number of nitrogens with two attached hydrogens (primary N) is 1. The number of nitrogens with zero attached hydrogens (tertiary/aromatic N) is 1. The number of rotatable bonds is 4. The summed E-state index contributed by atoms with van der Waals surface area (Å²) in [7, 11) is 0. The third-order valence-corrected chi connectivity index (χ3v) is 2.56. The summed E-state index contributed by atoms with van der Waals surface area (Å²) in [4.78, 5) is 0.406. The van der Waals surface area contributed by atoms with Gasteiger partial charge in [0.15, 0.2) is 0 Å².